The van der Waals surface area contributed by atoms with E-state index in [1.165, 1.54) is 0 Å². The second-order valence-corrected chi connectivity index (χ2v) is 8.08. The van der Waals surface area contributed by atoms with Gasteiger partial charge in [0, 0.05) is 31.4 Å². The van der Waals surface area contributed by atoms with E-state index >= 15 is 0 Å². The van der Waals surface area contributed by atoms with Gasteiger partial charge in [-0.2, -0.15) is 4.37 Å². The molecule has 0 radical (unpaired) electrons. The molecule has 1 heterocycles. The van der Waals surface area contributed by atoms with Crippen molar-refractivity contribution in [1.29, 1.82) is 0 Å². The first-order chi connectivity index (χ1) is 9.14. The van der Waals surface area contributed by atoms with E-state index in [0.717, 1.165) is 24.3 Å². The third-order valence-electron chi connectivity index (χ3n) is 3.03. The van der Waals surface area contributed by atoms with Gasteiger partial charge in [0.25, 0.3) is 0 Å². The number of rotatable bonds is 7. The predicted molar refractivity (Wildman–Crippen MR) is 85.1 cm³/mol. The van der Waals surface area contributed by atoms with Crippen LogP contribution in [0.2, 0.25) is 0 Å². The Morgan fingerprint density at radius 2 is 1.85 bits per heavy atom. The Balaban J connectivity index is 2.73. The van der Waals surface area contributed by atoms with E-state index in [9.17, 15) is 8.42 Å². The standard InChI is InChI=1S/C12H24N4O2S2/c1-8(2)16(9(3)4)7-6-14-12-10(20(5,17)18)11(13)15-19-12/h8-9,14H,6-7H2,1-5H3,(H2,13,15). The molecule has 1 rings (SSSR count). The van der Waals surface area contributed by atoms with Gasteiger partial charge in [0.05, 0.1) is 0 Å². The maximum Gasteiger partial charge on any atom is 0.182 e. The zero-order chi connectivity index (χ0) is 15.5. The van der Waals surface area contributed by atoms with Gasteiger partial charge in [-0.15, -0.1) is 0 Å². The van der Waals surface area contributed by atoms with Crippen molar-refractivity contribution in [3.8, 4) is 0 Å². The van der Waals surface area contributed by atoms with Gasteiger partial charge in [-0.05, 0) is 39.2 Å². The molecule has 0 aliphatic carbocycles. The molecule has 0 bridgehead atoms. The van der Waals surface area contributed by atoms with Crippen molar-refractivity contribution in [3.05, 3.63) is 0 Å². The van der Waals surface area contributed by atoms with Crippen molar-refractivity contribution >= 4 is 32.2 Å². The Morgan fingerprint density at radius 3 is 2.30 bits per heavy atom. The number of nitrogens with one attached hydrogen (secondary N) is 1. The predicted octanol–water partition coefficient (Wildman–Crippen LogP) is 1.66. The minimum absolute atomic E-state index is 0.0737. The van der Waals surface area contributed by atoms with Gasteiger partial charge in [-0.25, -0.2) is 8.42 Å². The van der Waals surface area contributed by atoms with E-state index in [1.807, 2.05) is 0 Å². The summed E-state index contributed by atoms with van der Waals surface area (Å²) >= 11 is 1.09. The van der Waals surface area contributed by atoms with Crippen LogP contribution in [0.1, 0.15) is 27.7 Å². The number of sulfone groups is 1. The lowest BCUT2D eigenvalue weighted by molar-refractivity contribution is 0.182. The molecular formula is C12H24N4O2S2. The molecule has 0 amide bonds. The monoisotopic (exact) mass is 320 g/mol. The number of anilines is 2. The Bertz CT molecular complexity index is 530. The van der Waals surface area contributed by atoms with Crippen molar-refractivity contribution in [1.82, 2.24) is 9.27 Å². The van der Waals surface area contributed by atoms with Crippen molar-refractivity contribution < 1.29 is 8.42 Å². The van der Waals surface area contributed by atoms with Crippen molar-refractivity contribution in [2.45, 2.75) is 44.7 Å². The Labute approximate surface area is 125 Å². The highest BCUT2D eigenvalue weighted by Gasteiger charge is 2.21. The van der Waals surface area contributed by atoms with Crippen LogP contribution in [0.3, 0.4) is 0 Å². The summed E-state index contributed by atoms with van der Waals surface area (Å²) in [6, 6.07) is 0.885. The smallest absolute Gasteiger partial charge is 0.182 e. The fourth-order valence-electron chi connectivity index (χ4n) is 2.18. The van der Waals surface area contributed by atoms with Crippen LogP contribution in [0.25, 0.3) is 0 Å². The van der Waals surface area contributed by atoms with E-state index in [4.69, 9.17) is 5.73 Å². The fourth-order valence-corrected chi connectivity index (χ4v) is 4.27. The van der Waals surface area contributed by atoms with Gasteiger partial charge >= 0.3 is 0 Å². The molecule has 6 nitrogen and oxygen atoms in total. The minimum Gasteiger partial charge on any atom is -0.382 e. The zero-order valence-corrected chi connectivity index (χ0v) is 14.3. The van der Waals surface area contributed by atoms with Crippen LogP contribution in [0.5, 0.6) is 0 Å². The molecule has 1 aromatic rings. The van der Waals surface area contributed by atoms with Crippen LogP contribution in [0, 0.1) is 0 Å². The van der Waals surface area contributed by atoms with Gasteiger partial charge in [0.1, 0.15) is 9.90 Å². The molecule has 0 saturated carbocycles. The van der Waals surface area contributed by atoms with E-state index < -0.39 is 9.84 Å². The molecule has 0 atom stereocenters. The minimum atomic E-state index is -3.36. The van der Waals surface area contributed by atoms with Crippen molar-refractivity contribution in [2.75, 3.05) is 30.4 Å². The molecule has 1 aromatic heterocycles. The lowest BCUT2D eigenvalue weighted by atomic mass is 10.2. The van der Waals surface area contributed by atoms with Gasteiger partial charge in [0.2, 0.25) is 0 Å². The summed E-state index contributed by atoms with van der Waals surface area (Å²) in [6.45, 7) is 10.1. The summed E-state index contributed by atoms with van der Waals surface area (Å²) in [5, 5.41) is 3.66. The molecule has 3 N–H and O–H groups in total. The number of hydrogen-bond donors (Lipinski definition) is 2. The van der Waals surface area contributed by atoms with Crippen LogP contribution in [0.4, 0.5) is 10.8 Å². The van der Waals surface area contributed by atoms with Crippen LogP contribution < -0.4 is 11.1 Å². The average molecular weight is 320 g/mol. The summed E-state index contributed by atoms with van der Waals surface area (Å²) in [5.74, 6) is 0.0737. The number of nitrogens with two attached hydrogens (primary N) is 1. The summed E-state index contributed by atoms with van der Waals surface area (Å²) in [6.07, 6.45) is 1.15. The highest BCUT2D eigenvalue weighted by molar-refractivity contribution is 7.91. The summed E-state index contributed by atoms with van der Waals surface area (Å²) in [4.78, 5) is 2.44. The highest BCUT2D eigenvalue weighted by Crippen LogP contribution is 2.31. The second-order valence-electron chi connectivity index (χ2n) is 5.35. The van der Waals surface area contributed by atoms with E-state index in [2.05, 4.69) is 42.3 Å². The molecule has 116 valence electrons. The largest absolute Gasteiger partial charge is 0.382 e. The first kappa shape index (κ1) is 17.2. The highest BCUT2D eigenvalue weighted by atomic mass is 32.2. The molecule has 0 unspecified atom stereocenters. The van der Waals surface area contributed by atoms with Crippen LogP contribution in [-0.4, -0.2) is 49.1 Å². The molecule has 20 heavy (non-hydrogen) atoms. The molecule has 0 fully saturated rings. The van der Waals surface area contributed by atoms with E-state index in [0.29, 0.717) is 23.6 Å². The quantitative estimate of drug-likeness (QED) is 0.794. The summed E-state index contributed by atoms with van der Waals surface area (Å²) < 4.78 is 27.3. The van der Waals surface area contributed by atoms with Gasteiger partial charge < -0.3 is 11.1 Å². The normalized spacial score (nSPS) is 12.6. The Hall–Kier alpha value is -0.860. The molecule has 0 saturated heterocycles. The van der Waals surface area contributed by atoms with E-state index in [-0.39, 0.29) is 10.7 Å². The Morgan fingerprint density at radius 1 is 1.30 bits per heavy atom. The fraction of sp³-hybridized carbons (Fsp3) is 0.750. The topological polar surface area (TPSA) is 88.3 Å². The average Bonchev–Trinajstić information content (AvgIpc) is 2.64. The molecular weight excluding hydrogens is 296 g/mol. The summed E-state index contributed by atoms with van der Waals surface area (Å²) in [5.41, 5.74) is 5.63. The SMILES string of the molecule is CC(C)N(CCNc1snc(N)c1S(C)(=O)=O)C(C)C. The molecule has 0 spiro atoms. The third kappa shape index (κ3) is 4.32. The summed E-state index contributed by atoms with van der Waals surface area (Å²) in [7, 11) is -3.36. The molecule has 0 aliphatic rings. The van der Waals surface area contributed by atoms with Crippen molar-refractivity contribution in [2.24, 2.45) is 0 Å². The van der Waals surface area contributed by atoms with Gasteiger partial charge in [0.15, 0.2) is 15.7 Å². The number of hydrogen-bond acceptors (Lipinski definition) is 7. The lowest BCUT2D eigenvalue weighted by Crippen LogP contribution is -2.40. The van der Waals surface area contributed by atoms with Crippen LogP contribution in [0.15, 0.2) is 4.90 Å². The van der Waals surface area contributed by atoms with Crippen LogP contribution >= 0.6 is 11.5 Å². The first-order valence-corrected chi connectivity index (χ1v) is 9.26. The van der Waals surface area contributed by atoms with E-state index in [1.54, 1.807) is 0 Å². The molecule has 0 aromatic carbocycles. The number of nitrogen functional groups attached to an aromatic ring is 1. The van der Waals surface area contributed by atoms with Gasteiger partial charge in [-0.1, -0.05) is 0 Å². The van der Waals surface area contributed by atoms with Gasteiger partial charge in [-0.3, -0.25) is 4.90 Å². The van der Waals surface area contributed by atoms with Crippen LogP contribution in [-0.2, 0) is 9.84 Å². The molecule has 0 aliphatic heterocycles. The molecule has 8 heteroatoms. The maximum absolute atomic E-state index is 11.7. The zero-order valence-electron chi connectivity index (χ0n) is 12.7. The number of aromatic nitrogens is 1. The second kappa shape index (κ2) is 6.73. The lowest BCUT2D eigenvalue weighted by Gasteiger charge is -2.30. The number of nitrogens with zero attached hydrogens (tertiary/aromatic N) is 2. The third-order valence-corrected chi connectivity index (χ3v) is 5.13. The van der Waals surface area contributed by atoms with Crippen molar-refractivity contribution in [3.63, 3.8) is 0 Å². The maximum atomic E-state index is 11.7. The Kier molecular flexibility index (Phi) is 5.79. The first-order valence-electron chi connectivity index (χ1n) is 6.59.